The molecule has 0 radical (unpaired) electrons. The summed E-state index contributed by atoms with van der Waals surface area (Å²) in [5, 5.41) is 47.9. The Hall–Kier alpha value is -3.22. The lowest BCUT2D eigenvalue weighted by atomic mass is 9.69. The lowest BCUT2D eigenvalue weighted by molar-refractivity contribution is -0.558. The van der Waals surface area contributed by atoms with Crippen LogP contribution in [0.2, 0.25) is 0 Å². The number of hydrogen-bond donors (Lipinski definition) is 3. The number of aliphatic hydroxyl groups excluding tert-OH is 3. The van der Waals surface area contributed by atoms with Crippen LogP contribution >= 0.6 is 23.5 Å². The Labute approximate surface area is 265 Å². The van der Waals surface area contributed by atoms with E-state index in [0.717, 1.165) is 20.9 Å². The van der Waals surface area contributed by atoms with Crippen molar-refractivity contribution in [1.82, 2.24) is 0 Å². The van der Waals surface area contributed by atoms with Gasteiger partial charge in [-0.1, -0.05) is 97.1 Å². The molecule has 1 fully saturated rings. The monoisotopic (exact) mass is 633 g/mol. The van der Waals surface area contributed by atoms with Crippen LogP contribution in [0.4, 0.5) is 0 Å². The largest absolute Gasteiger partial charge is 0.389 e. The fourth-order valence-corrected chi connectivity index (χ4v) is 8.45. The fraction of sp³-hybridized carbons (Fsp3) is 0.294. The van der Waals surface area contributed by atoms with Gasteiger partial charge in [-0.3, -0.25) is 10.1 Å². The molecule has 4 aromatic carbocycles. The molecule has 6 atom stereocenters. The summed E-state index contributed by atoms with van der Waals surface area (Å²) >= 11 is 2.73. The van der Waals surface area contributed by atoms with Crippen LogP contribution in [0.3, 0.4) is 0 Å². The van der Waals surface area contributed by atoms with Gasteiger partial charge >= 0.3 is 0 Å². The Bertz CT molecular complexity index is 1410. The maximum Gasteiger partial charge on any atom is 0.248 e. The second-order valence-corrected chi connectivity index (χ2v) is 13.4. The van der Waals surface area contributed by atoms with Gasteiger partial charge in [-0.25, -0.2) is 0 Å². The molecule has 0 bridgehead atoms. The van der Waals surface area contributed by atoms with Crippen LogP contribution in [0.1, 0.15) is 11.1 Å². The van der Waals surface area contributed by atoms with Crippen molar-refractivity contribution in [2.45, 2.75) is 57.5 Å². The van der Waals surface area contributed by atoms with Gasteiger partial charge in [-0.05, 0) is 35.4 Å². The first-order chi connectivity index (χ1) is 21.4. The van der Waals surface area contributed by atoms with Crippen molar-refractivity contribution in [2.24, 2.45) is 5.92 Å². The summed E-state index contributed by atoms with van der Waals surface area (Å²) in [4.78, 5) is 13.7. The van der Waals surface area contributed by atoms with Crippen molar-refractivity contribution in [3.05, 3.63) is 143 Å². The third-order valence-electron chi connectivity index (χ3n) is 7.77. The maximum atomic E-state index is 12.6. The van der Waals surface area contributed by atoms with Gasteiger partial charge in [-0.2, -0.15) is 0 Å². The van der Waals surface area contributed by atoms with Crippen molar-refractivity contribution in [2.75, 3.05) is 6.61 Å². The second kappa shape index (κ2) is 15.2. The number of nitro groups is 1. The number of aliphatic hydroxyl groups is 3. The normalized spacial score (nSPS) is 25.1. The summed E-state index contributed by atoms with van der Waals surface area (Å²) in [6.07, 6.45) is -5.24. The van der Waals surface area contributed by atoms with Gasteiger partial charge in [0.25, 0.3) is 0 Å². The molecule has 0 spiro atoms. The van der Waals surface area contributed by atoms with E-state index < -0.39 is 45.4 Å². The lowest BCUT2D eigenvalue weighted by Crippen LogP contribution is -2.73. The average Bonchev–Trinajstić information content (AvgIpc) is 3.05. The average molecular weight is 634 g/mol. The third kappa shape index (κ3) is 7.52. The van der Waals surface area contributed by atoms with Crippen molar-refractivity contribution in [3.63, 3.8) is 0 Å². The van der Waals surface area contributed by atoms with E-state index in [1.165, 1.54) is 23.5 Å². The number of hydrogen-bond acceptors (Lipinski definition) is 9. The van der Waals surface area contributed by atoms with Gasteiger partial charge in [0.05, 0.1) is 36.4 Å². The Balaban J connectivity index is 1.55. The number of ether oxygens (including phenoxy) is 2. The minimum Gasteiger partial charge on any atom is -0.389 e. The van der Waals surface area contributed by atoms with Crippen molar-refractivity contribution in [1.29, 1.82) is 0 Å². The Morgan fingerprint density at radius 1 is 0.705 bits per heavy atom. The van der Waals surface area contributed by atoms with E-state index in [0.29, 0.717) is 0 Å². The first-order valence-corrected chi connectivity index (χ1v) is 16.1. The van der Waals surface area contributed by atoms with Gasteiger partial charge in [0, 0.05) is 14.7 Å². The minimum atomic E-state index is -1.88. The molecule has 0 heterocycles. The Kier molecular flexibility index (Phi) is 11.1. The molecule has 8 nitrogen and oxygen atoms in total. The molecule has 1 aliphatic carbocycles. The van der Waals surface area contributed by atoms with E-state index in [4.69, 9.17) is 9.47 Å². The molecule has 1 aliphatic rings. The van der Waals surface area contributed by atoms with Crippen LogP contribution in [-0.4, -0.2) is 61.4 Å². The molecular formula is C34H35NO7S2. The molecule has 0 aliphatic heterocycles. The zero-order valence-electron chi connectivity index (χ0n) is 23.9. The number of nitrogens with zero attached hydrogens (tertiary/aromatic N) is 1. The summed E-state index contributed by atoms with van der Waals surface area (Å²) in [5.41, 5.74) is -0.248. The number of benzene rings is 4. The molecule has 4 aromatic rings. The van der Waals surface area contributed by atoms with Crippen molar-refractivity contribution >= 4 is 23.5 Å². The molecule has 0 unspecified atom stereocenters. The van der Waals surface area contributed by atoms with Crippen LogP contribution in [-0.2, 0) is 22.7 Å². The van der Waals surface area contributed by atoms with Gasteiger partial charge in [0.2, 0.25) is 6.04 Å². The highest BCUT2D eigenvalue weighted by molar-refractivity contribution is 8.17. The summed E-state index contributed by atoms with van der Waals surface area (Å²) in [6, 6.07) is 35.8. The van der Waals surface area contributed by atoms with E-state index in [9.17, 15) is 25.4 Å². The third-order valence-corrected chi connectivity index (χ3v) is 10.5. The van der Waals surface area contributed by atoms with Crippen LogP contribution in [0, 0.1) is 16.0 Å². The quantitative estimate of drug-likeness (QED) is 0.0766. The van der Waals surface area contributed by atoms with Crippen molar-refractivity contribution in [3.8, 4) is 0 Å². The predicted molar refractivity (Wildman–Crippen MR) is 171 cm³/mol. The van der Waals surface area contributed by atoms with E-state index in [-0.39, 0.29) is 19.8 Å². The van der Waals surface area contributed by atoms with Gasteiger partial charge in [0.15, 0.2) is 6.10 Å². The minimum absolute atomic E-state index is 0.0193. The van der Waals surface area contributed by atoms with E-state index in [1.807, 2.05) is 121 Å². The molecule has 1 saturated carbocycles. The standard InChI is InChI=1S/C34H35NO7S2/c36-30-29(35(39)40)28(33(43-26-17-9-3-10-18-26)44-27-19-11-4-12-20-27)31(37)34(32(30)38,42-22-25-15-7-2-8-16-25)23-41-21-24-13-5-1-6-14-24/h1-20,28-33,36-38H,21-23H2/t28-,29-,30-,31-,32+,34+/m1/s1. The predicted octanol–water partition coefficient (Wildman–Crippen LogP) is 5.43. The molecule has 0 amide bonds. The van der Waals surface area contributed by atoms with Gasteiger partial charge < -0.3 is 24.8 Å². The highest BCUT2D eigenvalue weighted by Gasteiger charge is 2.66. The van der Waals surface area contributed by atoms with Crippen LogP contribution in [0.25, 0.3) is 0 Å². The molecule has 0 saturated heterocycles. The van der Waals surface area contributed by atoms with E-state index in [2.05, 4.69) is 0 Å². The molecule has 230 valence electrons. The van der Waals surface area contributed by atoms with Crippen LogP contribution < -0.4 is 0 Å². The Morgan fingerprint density at radius 2 is 1.16 bits per heavy atom. The molecule has 3 N–H and O–H groups in total. The van der Waals surface area contributed by atoms with Crippen molar-refractivity contribution < 1.29 is 29.7 Å². The lowest BCUT2D eigenvalue weighted by Gasteiger charge is -2.51. The summed E-state index contributed by atoms with van der Waals surface area (Å²) in [5.74, 6) is -1.16. The van der Waals surface area contributed by atoms with Crippen LogP contribution in [0.5, 0.6) is 0 Å². The molecule has 5 rings (SSSR count). The second-order valence-electron chi connectivity index (χ2n) is 10.7. The topological polar surface area (TPSA) is 122 Å². The first kappa shape index (κ1) is 32.2. The van der Waals surface area contributed by atoms with E-state index >= 15 is 0 Å². The molecular weight excluding hydrogens is 599 g/mol. The first-order valence-electron chi connectivity index (χ1n) is 14.3. The van der Waals surface area contributed by atoms with E-state index in [1.54, 1.807) is 0 Å². The Morgan fingerprint density at radius 3 is 1.64 bits per heavy atom. The number of thioether (sulfide) groups is 2. The molecule has 44 heavy (non-hydrogen) atoms. The summed E-state index contributed by atoms with van der Waals surface area (Å²) in [7, 11) is 0. The highest BCUT2D eigenvalue weighted by Crippen LogP contribution is 2.49. The molecule has 0 aromatic heterocycles. The van der Waals surface area contributed by atoms with Gasteiger partial charge in [-0.15, -0.1) is 23.5 Å². The fourth-order valence-electron chi connectivity index (χ4n) is 5.49. The molecule has 10 heteroatoms. The smallest absolute Gasteiger partial charge is 0.248 e. The van der Waals surface area contributed by atoms with Gasteiger partial charge in [0.1, 0.15) is 11.7 Å². The highest BCUT2D eigenvalue weighted by atomic mass is 32.2. The number of rotatable bonds is 13. The van der Waals surface area contributed by atoms with Crippen LogP contribution in [0.15, 0.2) is 131 Å². The SMILES string of the molecule is O=[N+]([O-])[C@H]1[C@@H](O)[C@H](O)[C@@](COCc2ccccc2)(OCc2ccccc2)[C@H](O)[C@@H]1C(Sc1ccccc1)Sc1ccccc1. The maximum absolute atomic E-state index is 12.6. The summed E-state index contributed by atoms with van der Waals surface area (Å²) in [6.45, 7) is -0.181. The zero-order valence-corrected chi connectivity index (χ0v) is 25.5. The zero-order chi connectivity index (χ0) is 30.9. The summed E-state index contributed by atoms with van der Waals surface area (Å²) < 4.78 is 11.8.